The highest BCUT2D eigenvalue weighted by molar-refractivity contribution is 6.35. The number of nitrogens with two attached hydrogens (primary N) is 1. The molecular formula is C28H31Cl2N7O. The number of ether oxygens (including phenoxy) is 1. The van der Waals surface area contributed by atoms with E-state index in [1.54, 1.807) is 30.5 Å². The summed E-state index contributed by atoms with van der Waals surface area (Å²) >= 11 is 12.4. The second-order valence-corrected chi connectivity index (χ2v) is 10.2. The molecule has 2 saturated heterocycles. The Bertz CT molecular complexity index is 1340. The van der Waals surface area contributed by atoms with Crippen molar-refractivity contribution in [3.8, 4) is 11.8 Å². The Morgan fingerprint density at radius 3 is 2.61 bits per heavy atom. The molecule has 198 valence electrons. The van der Waals surface area contributed by atoms with E-state index < -0.39 is 0 Å². The largest absolute Gasteiger partial charge is 0.489 e. The van der Waals surface area contributed by atoms with E-state index in [-0.39, 0.29) is 17.7 Å². The van der Waals surface area contributed by atoms with E-state index >= 15 is 0 Å². The molecule has 4 heterocycles. The molecule has 0 amide bonds. The Labute approximate surface area is 233 Å². The molecule has 8 nitrogen and oxygen atoms in total. The highest BCUT2D eigenvalue weighted by Crippen LogP contribution is 2.39. The smallest absolute Gasteiger partial charge is 0.146 e. The molecule has 10 heteroatoms. The minimum atomic E-state index is 0.137. The molecule has 2 fully saturated rings. The van der Waals surface area contributed by atoms with Crippen molar-refractivity contribution in [2.24, 2.45) is 5.41 Å². The lowest BCUT2D eigenvalue weighted by atomic mass is 9.74. The number of rotatable bonds is 6. The van der Waals surface area contributed by atoms with Crippen molar-refractivity contribution in [3.63, 3.8) is 0 Å². The highest BCUT2D eigenvalue weighted by Gasteiger charge is 2.44. The van der Waals surface area contributed by atoms with Crippen LogP contribution in [0.1, 0.15) is 48.9 Å². The quantitative estimate of drug-likeness (QED) is 0.275. The molecule has 1 aromatic carbocycles. The van der Waals surface area contributed by atoms with Crippen LogP contribution in [0.2, 0.25) is 10.0 Å². The second-order valence-electron chi connectivity index (χ2n) is 9.34. The van der Waals surface area contributed by atoms with Crippen molar-refractivity contribution in [1.29, 1.82) is 10.7 Å². The first-order valence-corrected chi connectivity index (χ1v) is 13.4. The molecule has 0 aliphatic carbocycles. The van der Waals surface area contributed by atoms with E-state index in [0.717, 1.165) is 26.2 Å². The van der Waals surface area contributed by atoms with Gasteiger partial charge in [-0.3, -0.25) is 10.4 Å². The Kier molecular flexibility index (Phi) is 8.72. The van der Waals surface area contributed by atoms with Crippen LogP contribution in [0.3, 0.4) is 0 Å². The van der Waals surface area contributed by atoms with Gasteiger partial charge in [0, 0.05) is 66.0 Å². The van der Waals surface area contributed by atoms with E-state index in [4.69, 9.17) is 39.1 Å². The fourth-order valence-corrected chi connectivity index (χ4v) is 5.34. The molecular weight excluding hydrogens is 521 g/mol. The van der Waals surface area contributed by atoms with Crippen molar-refractivity contribution in [1.82, 2.24) is 15.3 Å². The predicted molar refractivity (Wildman–Crippen MR) is 152 cm³/mol. The number of nitriles is 1. The molecule has 0 unspecified atom stereocenters. The van der Waals surface area contributed by atoms with Crippen LogP contribution in [-0.2, 0) is 6.61 Å². The number of anilines is 2. The van der Waals surface area contributed by atoms with Crippen molar-refractivity contribution < 1.29 is 4.74 Å². The average molecular weight is 553 g/mol. The maximum absolute atomic E-state index is 9.82. The highest BCUT2D eigenvalue weighted by atomic mass is 35.5. The van der Waals surface area contributed by atoms with Gasteiger partial charge >= 0.3 is 0 Å². The molecule has 1 spiro atoms. The molecule has 2 aliphatic rings. The Hall–Kier alpha value is -3.38. The number of nitrogen functional groups attached to an aromatic ring is 1. The van der Waals surface area contributed by atoms with Gasteiger partial charge in [-0.2, -0.15) is 5.26 Å². The minimum absolute atomic E-state index is 0.137. The third kappa shape index (κ3) is 5.70. The Balaban J connectivity index is 0.00000164. The molecule has 2 aliphatic heterocycles. The van der Waals surface area contributed by atoms with Crippen LogP contribution in [0.15, 0.2) is 42.9 Å². The fraction of sp³-hybridized carbons (Fsp3) is 0.357. The van der Waals surface area contributed by atoms with E-state index in [0.29, 0.717) is 49.6 Å². The van der Waals surface area contributed by atoms with E-state index in [1.165, 1.54) is 25.2 Å². The summed E-state index contributed by atoms with van der Waals surface area (Å²) in [4.78, 5) is 10.7. The van der Waals surface area contributed by atoms with Crippen LogP contribution in [0.25, 0.3) is 0 Å². The van der Waals surface area contributed by atoms with Crippen molar-refractivity contribution >= 4 is 40.4 Å². The standard InChI is InChI=1S/C26H25Cl2N7O.C2H6/c27-21-10-33-11-22(28)20(21)12-36-18-2-3-23(30)19(7-18)24(31)17-6-16(8-29)25(34-9-17)35-14-26(15-35)4-1-5-32-13-26;1-2/h2-3,6-7,9-11,31-32H,1,4-5,12-15,30H2;1-2H3. The zero-order chi connectivity index (χ0) is 27.3. The van der Waals surface area contributed by atoms with Gasteiger partial charge in [-0.05, 0) is 43.7 Å². The monoisotopic (exact) mass is 551 g/mol. The normalized spacial score (nSPS) is 15.6. The topological polar surface area (TPSA) is 124 Å². The van der Waals surface area contributed by atoms with Gasteiger partial charge in [-0.1, -0.05) is 37.0 Å². The van der Waals surface area contributed by atoms with Crippen LogP contribution in [0.5, 0.6) is 5.75 Å². The summed E-state index contributed by atoms with van der Waals surface area (Å²) in [5.41, 5.74) is 9.11. The predicted octanol–water partition coefficient (Wildman–Crippen LogP) is 5.45. The lowest BCUT2D eigenvalue weighted by molar-refractivity contribution is 0.156. The number of halogens is 2. The number of pyridine rings is 2. The Morgan fingerprint density at radius 1 is 1.21 bits per heavy atom. The number of nitrogens with one attached hydrogen (secondary N) is 2. The van der Waals surface area contributed by atoms with Gasteiger partial charge in [0.1, 0.15) is 24.2 Å². The van der Waals surface area contributed by atoms with Crippen molar-refractivity contribution in [2.45, 2.75) is 33.3 Å². The summed E-state index contributed by atoms with van der Waals surface area (Å²) in [6.07, 6.45) is 7.01. The molecule has 0 bridgehead atoms. The third-order valence-corrected chi connectivity index (χ3v) is 7.47. The van der Waals surface area contributed by atoms with Crippen molar-refractivity contribution in [3.05, 3.63) is 75.2 Å². The fourth-order valence-electron chi connectivity index (χ4n) is 4.87. The molecule has 0 saturated carbocycles. The Morgan fingerprint density at radius 2 is 1.95 bits per heavy atom. The lowest BCUT2D eigenvalue weighted by Crippen LogP contribution is -2.62. The first-order valence-electron chi connectivity index (χ1n) is 12.6. The number of hydrogen-bond acceptors (Lipinski definition) is 8. The number of piperidine rings is 1. The van der Waals surface area contributed by atoms with Gasteiger partial charge in [0.05, 0.1) is 21.3 Å². The first-order chi connectivity index (χ1) is 18.4. The summed E-state index contributed by atoms with van der Waals surface area (Å²) in [6, 6.07) is 9.05. The van der Waals surface area contributed by atoms with Crippen LogP contribution in [0.4, 0.5) is 11.5 Å². The summed E-state index contributed by atoms with van der Waals surface area (Å²) in [7, 11) is 0. The van der Waals surface area contributed by atoms with Gasteiger partial charge in [-0.25, -0.2) is 4.98 Å². The number of hydrogen-bond donors (Lipinski definition) is 3. The molecule has 3 aromatic rings. The van der Waals surface area contributed by atoms with Gasteiger partial charge in [0.2, 0.25) is 0 Å². The summed E-state index contributed by atoms with van der Waals surface area (Å²) in [5.74, 6) is 1.17. The molecule has 0 atom stereocenters. The van der Waals surface area contributed by atoms with E-state index in [1.807, 2.05) is 13.8 Å². The third-order valence-electron chi connectivity index (χ3n) is 6.82. The van der Waals surface area contributed by atoms with E-state index in [2.05, 4.69) is 26.3 Å². The van der Waals surface area contributed by atoms with Crippen LogP contribution >= 0.6 is 23.2 Å². The van der Waals surface area contributed by atoms with Crippen molar-refractivity contribution in [2.75, 3.05) is 36.8 Å². The van der Waals surface area contributed by atoms with Gasteiger partial charge in [-0.15, -0.1) is 0 Å². The molecule has 5 rings (SSSR count). The van der Waals surface area contributed by atoms with Gasteiger partial charge in [0.15, 0.2) is 0 Å². The summed E-state index contributed by atoms with van der Waals surface area (Å²) < 4.78 is 5.88. The minimum Gasteiger partial charge on any atom is -0.489 e. The van der Waals surface area contributed by atoms with Gasteiger partial charge in [0.25, 0.3) is 0 Å². The zero-order valence-corrected chi connectivity index (χ0v) is 23.0. The number of benzene rings is 1. The van der Waals surface area contributed by atoms with Crippen LogP contribution < -0.4 is 20.7 Å². The molecule has 0 radical (unpaired) electrons. The average Bonchev–Trinajstić information content (AvgIpc) is 2.93. The maximum atomic E-state index is 9.82. The molecule has 38 heavy (non-hydrogen) atoms. The van der Waals surface area contributed by atoms with Crippen LogP contribution in [-0.4, -0.2) is 41.9 Å². The number of aromatic nitrogens is 2. The second kappa shape index (κ2) is 12.0. The molecule has 4 N–H and O–H groups in total. The number of nitrogens with zero attached hydrogens (tertiary/aromatic N) is 4. The summed E-state index contributed by atoms with van der Waals surface area (Å²) in [5, 5.41) is 22.9. The SMILES string of the molecule is CC.N#Cc1cc(C(=N)c2cc(OCc3c(Cl)cncc3Cl)ccc2N)cnc1N1CC2(CCCNC2)C1. The maximum Gasteiger partial charge on any atom is 0.146 e. The summed E-state index contributed by atoms with van der Waals surface area (Å²) in [6.45, 7) is 7.98. The van der Waals surface area contributed by atoms with Gasteiger partial charge < -0.3 is 20.7 Å². The van der Waals surface area contributed by atoms with Crippen LogP contribution in [0, 0.1) is 22.2 Å². The van der Waals surface area contributed by atoms with E-state index in [9.17, 15) is 5.26 Å². The molecule has 2 aromatic heterocycles. The lowest BCUT2D eigenvalue weighted by Gasteiger charge is -2.53. The zero-order valence-electron chi connectivity index (χ0n) is 21.5. The first kappa shape index (κ1) is 27.6.